The van der Waals surface area contributed by atoms with Crippen molar-refractivity contribution in [2.24, 2.45) is 0 Å². The van der Waals surface area contributed by atoms with E-state index in [2.05, 4.69) is 5.32 Å². The van der Waals surface area contributed by atoms with Crippen LogP contribution in [0.1, 0.15) is 29.0 Å². The maximum absolute atomic E-state index is 13.5. The summed E-state index contributed by atoms with van der Waals surface area (Å²) >= 11 is 0. The number of hydrogen-bond donors (Lipinski definition) is 2. The van der Waals surface area contributed by atoms with E-state index in [4.69, 9.17) is 9.47 Å². The number of benzene rings is 3. The molecule has 1 atom stereocenters. The first-order valence-corrected chi connectivity index (χ1v) is 9.42. The van der Waals surface area contributed by atoms with Crippen molar-refractivity contribution in [2.75, 3.05) is 23.9 Å². The molecule has 0 aliphatic carbocycles. The number of nitrogens with one attached hydrogen (secondary N) is 1. The SMILES string of the molecule is CCOc1cccc([C@H]2Nc3ccccc3C(=O)N2c2ccccc2OC)c1O. The molecule has 4 rings (SSSR count). The van der Waals surface area contributed by atoms with Crippen LogP contribution >= 0.6 is 0 Å². The number of amides is 1. The van der Waals surface area contributed by atoms with Crippen LogP contribution in [0, 0.1) is 0 Å². The number of carbonyl (C=O) groups excluding carboxylic acids is 1. The van der Waals surface area contributed by atoms with Crippen LogP contribution in [0.5, 0.6) is 17.2 Å². The molecule has 1 aliphatic rings. The molecule has 1 aliphatic heterocycles. The number of methoxy groups -OCH3 is 1. The second kappa shape index (κ2) is 7.75. The number of phenolic OH excluding ortho intramolecular Hbond substituents is 1. The van der Waals surface area contributed by atoms with E-state index in [1.54, 1.807) is 42.3 Å². The summed E-state index contributed by atoms with van der Waals surface area (Å²) in [6.45, 7) is 2.28. The molecule has 6 nitrogen and oxygen atoms in total. The largest absolute Gasteiger partial charge is 0.504 e. The van der Waals surface area contributed by atoms with Crippen molar-refractivity contribution in [2.45, 2.75) is 13.1 Å². The number of nitrogens with zero attached hydrogens (tertiary/aromatic N) is 1. The van der Waals surface area contributed by atoms with Gasteiger partial charge in [0.1, 0.15) is 11.9 Å². The van der Waals surface area contributed by atoms with E-state index in [-0.39, 0.29) is 11.7 Å². The highest BCUT2D eigenvalue weighted by atomic mass is 16.5. The van der Waals surface area contributed by atoms with E-state index in [0.717, 1.165) is 0 Å². The molecule has 0 unspecified atom stereocenters. The van der Waals surface area contributed by atoms with Gasteiger partial charge in [-0.15, -0.1) is 0 Å². The van der Waals surface area contributed by atoms with Crippen molar-refractivity contribution >= 4 is 17.3 Å². The van der Waals surface area contributed by atoms with Gasteiger partial charge in [-0.3, -0.25) is 9.69 Å². The topological polar surface area (TPSA) is 71.0 Å². The molecule has 0 bridgehead atoms. The monoisotopic (exact) mass is 390 g/mol. The Kier molecular flexibility index (Phi) is 4.99. The van der Waals surface area contributed by atoms with E-state index < -0.39 is 6.17 Å². The standard InChI is InChI=1S/C23H22N2O4/c1-3-29-20-14-8-10-16(21(20)26)22-24-17-11-5-4-9-15(17)23(27)25(22)18-12-6-7-13-19(18)28-2/h4-14,22,24,26H,3H2,1-2H3/t22-/m0/s1. The predicted octanol–water partition coefficient (Wildman–Crippen LogP) is 4.57. The van der Waals surface area contributed by atoms with Crippen LogP contribution in [0.2, 0.25) is 0 Å². The molecule has 3 aromatic rings. The lowest BCUT2D eigenvalue weighted by Crippen LogP contribution is -2.43. The Bertz CT molecular complexity index is 1050. The molecule has 0 radical (unpaired) electrons. The van der Waals surface area contributed by atoms with Gasteiger partial charge >= 0.3 is 0 Å². The van der Waals surface area contributed by atoms with Crippen LogP contribution in [0.25, 0.3) is 0 Å². The Morgan fingerprint density at radius 2 is 1.72 bits per heavy atom. The molecule has 2 N–H and O–H groups in total. The van der Waals surface area contributed by atoms with Crippen molar-refractivity contribution in [3.05, 3.63) is 77.9 Å². The average molecular weight is 390 g/mol. The zero-order chi connectivity index (χ0) is 20.4. The zero-order valence-corrected chi connectivity index (χ0v) is 16.3. The molecular formula is C23H22N2O4. The lowest BCUT2D eigenvalue weighted by molar-refractivity contribution is 0.0974. The normalized spacial score (nSPS) is 15.4. The quantitative estimate of drug-likeness (QED) is 0.668. The van der Waals surface area contributed by atoms with Crippen molar-refractivity contribution in [3.63, 3.8) is 0 Å². The number of hydrogen-bond acceptors (Lipinski definition) is 5. The minimum Gasteiger partial charge on any atom is -0.504 e. The molecule has 6 heteroatoms. The van der Waals surface area contributed by atoms with Crippen LogP contribution in [0.15, 0.2) is 66.7 Å². The van der Waals surface area contributed by atoms with Gasteiger partial charge in [-0.05, 0) is 37.3 Å². The maximum atomic E-state index is 13.5. The lowest BCUT2D eigenvalue weighted by atomic mass is 10.0. The second-order valence-electron chi connectivity index (χ2n) is 6.57. The van der Waals surface area contributed by atoms with E-state index in [9.17, 15) is 9.90 Å². The van der Waals surface area contributed by atoms with Crippen LogP contribution in [0.3, 0.4) is 0 Å². The van der Waals surface area contributed by atoms with Crippen LogP contribution < -0.4 is 19.7 Å². The van der Waals surface area contributed by atoms with Gasteiger partial charge in [-0.2, -0.15) is 0 Å². The zero-order valence-electron chi connectivity index (χ0n) is 16.3. The first kappa shape index (κ1) is 18.7. The van der Waals surface area contributed by atoms with Gasteiger partial charge in [0.05, 0.1) is 25.0 Å². The van der Waals surface area contributed by atoms with Crippen molar-refractivity contribution in [1.29, 1.82) is 0 Å². The highest BCUT2D eigenvalue weighted by Gasteiger charge is 2.37. The highest BCUT2D eigenvalue weighted by Crippen LogP contribution is 2.44. The number of ether oxygens (including phenoxy) is 2. The minimum absolute atomic E-state index is 0.000992. The van der Waals surface area contributed by atoms with Crippen molar-refractivity contribution < 1.29 is 19.4 Å². The molecule has 0 fully saturated rings. The van der Waals surface area contributed by atoms with E-state index >= 15 is 0 Å². The van der Waals surface area contributed by atoms with Gasteiger partial charge in [0.2, 0.25) is 0 Å². The third kappa shape index (κ3) is 3.23. The van der Waals surface area contributed by atoms with E-state index in [0.29, 0.717) is 40.6 Å². The summed E-state index contributed by atoms with van der Waals surface area (Å²) in [5, 5.41) is 14.3. The third-order valence-corrected chi connectivity index (χ3v) is 4.90. The average Bonchev–Trinajstić information content (AvgIpc) is 2.75. The smallest absolute Gasteiger partial charge is 0.262 e. The number of phenols is 1. The van der Waals surface area contributed by atoms with E-state index in [1.165, 1.54) is 0 Å². The number of rotatable bonds is 5. The summed E-state index contributed by atoms with van der Waals surface area (Å²) in [7, 11) is 1.57. The molecule has 0 saturated heterocycles. The van der Waals surface area contributed by atoms with Gasteiger partial charge in [-0.25, -0.2) is 0 Å². The molecule has 29 heavy (non-hydrogen) atoms. The number of fused-ring (bicyclic) bond motifs is 1. The number of aromatic hydroxyl groups is 1. The van der Waals surface area contributed by atoms with Gasteiger partial charge in [0, 0.05) is 11.3 Å². The third-order valence-electron chi connectivity index (χ3n) is 4.90. The van der Waals surface area contributed by atoms with Crippen LogP contribution in [-0.2, 0) is 0 Å². The van der Waals surface area contributed by atoms with Gasteiger partial charge in [0.15, 0.2) is 11.5 Å². The Hall–Kier alpha value is -3.67. The van der Waals surface area contributed by atoms with E-state index in [1.807, 2.05) is 43.3 Å². The highest BCUT2D eigenvalue weighted by molar-refractivity contribution is 6.12. The molecule has 0 aromatic heterocycles. The van der Waals surface area contributed by atoms with Crippen molar-refractivity contribution in [3.8, 4) is 17.2 Å². The Morgan fingerprint density at radius 3 is 2.52 bits per heavy atom. The molecule has 1 amide bonds. The van der Waals surface area contributed by atoms with Gasteiger partial charge in [0.25, 0.3) is 5.91 Å². The molecule has 148 valence electrons. The van der Waals surface area contributed by atoms with Crippen molar-refractivity contribution in [1.82, 2.24) is 0 Å². The fraction of sp³-hybridized carbons (Fsp3) is 0.174. The first-order chi connectivity index (χ1) is 14.2. The Labute approximate surface area is 169 Å². The Balaban J connectivity index is 1.91. The summed E-state index contributed by atoms with van der Waals surface area (Å²) in [4.78, 5) is 15.1. The number of carbonyl (C=O) groups is 1. The van der Waals surface area contributed by atoms with Crippen LogP contribution in [-0.4, -0.2) is 24.7 Å². The van der Waals surface area contributed by atoms with Crippen LogP contribution in [0.4, 0.5) is 11.4 Å². The summed E-state index contributed by atoms with van der Waals surface area (Å²) in [5.74, 6) is 0.750. The Morgan fingerprint density at radius 1 is 1.00 bits per heavy atom. The predicted molar refractivity (Wildman–Crippen MR) is 112 cm³/mol. The summed E-state index contributed by atoms with van der Waals surface area (Å²) in [5.41, 5.74) is 2.39. The molecule has 0 spiro atoms. The molecule has 1 heterocycles. The molecule has 3 aromatic carbocycles. The summed E-state index contributed by atoms with van der Waals surface area (Å²) in [6, 6.07) is 19.9. The number of anilines is 2. The molecular weight excluding hydrogens is 368 g/mol. The first-order valence-electron chi connectivity index (χ1n) is 9.42. The lowest BCUT2D eigenvalue weighted by Gasteiger charge is -2.38. The molecule has 0 saturated carbocycles. The van der Waals surface area contributed by atoms with Gasteiger partial charge in [-0.1, -0.05) is 36.4 Å². The summed E-state index contributed by atoms with van der Waals surface area (Å²) in [6.07, 6.45) is -0.644. The fourth-order valence-electron chi connectivity index (χ4n) is 3.58. The fourth-order valence-corrected chi connectivity index (χ4v) is 3.58. The minimum atomic E-state index is -0.644. The second-order valence-corrected chi connectivity index (χ2v) is 6.57. The summed E-state index contributed by atoms with van der Waals surface area (Å²) < 4.78 is 11.0. The maximum Gasteiger partial charge on any atom is 0.262 e. The number of para-hydroxylation sites is 4. The van der Waals surface area contributed by atoms with Gasteiger partial charge < -0.3 is 19.9 Å².